The first-order chi connectivity index (χ1) is 16.6. The smallest absolute Gasteiger partial charge is 0.372 e. The second kappa shape index (κ2) is 9.90. The van der Waals surface area contributed by atoms with Crippen molar-refractivity contribution in [2.24, 2.45) is 0 Å². The van der Waals surface area contributed by atoms with Gasteiger partial charge in [-0.05, 0) is 38.1 Å². The third-order valence-electron chi connectivity index (χ3n) is 5.55. The van der Waals surface area contributed by atoms with Crippen LogP contribution in [0.1, 0.15) is 29.9 Å². The van der Waals surface area contributed by atoms with Crippen LogP contribution < -0.4 is 5.32 Å². The van der Waals surface area contributed by atoms with Crippen LogP contribution in [-0.4, -0.2) is 62.1 Å². The Labute approximate surface area is 198 Å². The Morgan fingerprint density at radius 1 is 1.14 bits per heavy atom. The lowest BCUT2D eigenvalue weighted by atomic mass is 10.0. The van der Waals surface area contributed by atoms with Gasteiger partial charge in [-0.3, -0.25) is 4.79 Å². The van der Waals surface area contributed by atoms with Gasteiger partial charge in [0, 0.05) is 31.7 Å². The van der Waals surface area contributed by atoms with Crippen molar-refractivity contribution in [1.82, 2.24) is 24.8 Å². The summed E-state index contributed by atoms with van der Waals surface area (Å²) in [6.45, 7) is 3.99. The largest absolute Gasteiger partial charge is 0.417 e. The lowest BCUT2D eigenvalue weighted by Gasteiger charge is -2.43. The molecule has 1 aliphatic heterocycles. The Bertz CT molecular complexity index is 1180. The van der Waals surface area contributed by atoms with Crippen LogP contribution in [0.3, 0.4) is 0 Å². The van der Waals surface area contributed by atoms with Crippen molar-refractivity contribution in [2.45, 2.75) is 38.3 Å². The maximum Gasteiger partial charge on any atom is 0.417 e. The van der Waals surface area contributed by atoms with E-state index in [2.05, 4.69) is 25.3 Å². The summed E-state index contributed by atoms with van der Waals surface area (Å²) in [6.07, 6.45) is -0.546. The van der Waals surface area contributed by atoms with Gasteiger partial charge in [0.15, 0.2) is 5.82 Å². The molecule has 35 heavy (non-hydrogen) atoms. The van der Waals surface area contributed by atoms with Crippen molar-refractivity contribution >= 4 is 11.7 Å². The van der Waals surface area contributed by atoms with Crippen LogP contribution in [0.4, 0.5) is 23.4 Å². The average Bonchev–Trinajstić information content (AvgIpc) is 2.83. The quantitative estimate of drug-likeness (QED) is 0.544. The number of hydrogen-bond acceptors (Lipinski definition) is 7. The van der Waals surface area contributed by atoms with Crippen LogP contribution in [0.5, 0.6) is 0 Å². The van der Waals surface area contributed by atoms with Crippen molar-refractivity contribution in [2.75, 3.05) is 18.4 Å². The molecule has 8 nitrogen and oxygen atoms in total. The molecule has 3 aromatic heterocycles. The molecule has 0 aromatic carbocycles. The van der Waals surface area contributed by atoms with Crippen LogP contribution in [-0.2, 0) is 10.9 Å². The number of amides is 1. The van der Waals surface area contributed by atoms with Gasteiger partial charge in [-0.15, -0.1) is 0 Å². The van der Waals surface area contributed by atoms with Gasteiger partial charge < -0.3 is 15.0 Å². The topological polar surface area (TPSA) is 93.1 Å². The van der Waals surface area contributed by atoms with E-state index in [-0.39, 0.29) is 42.1 Å². The van der Waals surface area contributed by atoms with E-state index in [0.29, 0.717) is 0 Å². The Hall–Kier alpha value is -3.67. The molecule has 1 fully saturated rings. The van der Waals surface area contributed by atoms with E-state index in [1.165, 1.54) is 18.5 Å². The third kappa shape index (κ3) is 5.53. The molecular formula is C23H22F4N6O2. The maximum absolute atomic E-state index is 14.0. The first-order valence-corrected chi connectivity index (χ1v) is 10.8. The Morgan fingerprint density at radius 3 is 2.54 bits per heavy atom. The number of rotatable bonds is 5. The standard InChI is InChI=1S/C23H22F4N6O2/c1-13-12-33(22(34)20-17(8-16(24)10-32-20)21-28-6-3-7-29-21)18(14(2)35-13)11-31-19-5-4-15(9-30-19)23(25,26)27/h3-10,13-14,18H,11-12H2,1-2H3,(H,30,31)/t13-,14+,18-/m1/s1. The summed E-state index contributed by atoms with van der Waals surface area (Å²) in [5.41, 5.74) is -0.726. The van der Waals surface area contributed by atoms with Gasteiger partial charge in [-0.25, -0.2) is 24.3 Å². The summed E-state index contributed by atoms with van der Waals surface area (Å²) >= 11 is 0. The number of aromatic nitrogens is 4. The van der Waals surface area contributed by atoms with E-state index in [0.717, 1.165) is 24.5 Å². The second-order valence-electron chi connectivity index (χ2n) is 8.11. The minimum atomic E-state index is -4.49. The zero-order valence-electron chi connectivity index (χ0n) is 18.8. The Kier molecular flexibility index (Phi) is 6.92. The molecule has 0 saturated carbocycles. The molecule has 0 aliphatic carbocycles. The first kappa shape index (κ1) is 24.5. The highest BCUT2D eigenvalue weighted by molar-refractivity contribution is 5.98. The van der Waals surface area contributed by atoms with Crippen LogP contribution in [0.15, 0.2) is 49.1 Å². The van der Waals surface area contributed by atoms with Gasteiger partial charge in [0.25, 0.3) is 5.91 Å². The highest BCUT2D eigenvalue weighted by Gasteiger charge is 2.38. The number of nitrogens with zero attached hydrogens (tertiary/aromatic N) is 5. The summed E-state index contributed by atoms with van der Waals surface area (Å²) in [6, 6.07) is 4.38. The first-order valence-electron chi connectivity index (χ1n) is 10.8. The molecule has 1 aliphatic rings. The number of morpholine rings is 1. The van der Waals surface area contributed by atoms with E-state index < -0.39 is 35.6 Å². The molecule has 4 heterocycles. The number of carbonyl (C=O) groups is 1. The monoisotopic (exact) mass is 490 g/mol. The highest BCUT2D eigenvalue weighted by atomic mass is 19.4. The van der Waals surface area contributed by atoms with Crippen molar-refractivity contribution in [3.05, 3.63) is 66.1 Å². The van der Waals surface area contributed by atoms with Crippen molar-refractivity contribution in [3.63, 3.8) is 0 Å². The second-order valence-corrected chi connectivity index (χ2v) is 8.11. The Morgan fingerprint density at radius 2 is 1.89 bits per heavy atom. The molecule has 1 saturated heterocycles. The molecule has 184 valence electrons. The minimum absolute atomic E-state index is 0.0171. The molecule has 1 amide bonds. The molecule has 0 unspecified atom stereocenters. The van der Waals surface area contributed by atoms with Gasteiger partial charge in [0.05, 0.1) is 35.6 Å². The summed E-state index contributed by atoms with van der Waals surface area (Å²) in [4.78, 5) is 31.3. The molecule has 3 aromatic rings. The number of alkyl halides is 3. The van der Waals surface area contributed by atoms with Gasteiger partial charge >= 0.3 is 6.18 Å². The number of carbonyl (C=O) groups excluding carboxylic acids is 1. The van der Waals surface area contributed by atoms with Crippen LogP contribution in [0, 0.1) is 5.82 Å². The normalized spacial score (nSPS) is 20.5. The number of anilines is 1. The maximum atomic E-state index is 14.0. The van der Waals surface area contributed by atoms with E-state index >= 15 is 0 Å². The van der Waals surface area contributed by atoms with Crippen LogP contribution in [0.25, 0.3) is 11.4 Å². The van der Waals surface area contributed by atoms with E-state index in [9.17, 15) is 22.4 Å². The van der Waals surface area contributed by atoms with Crippen molar-refractivity contribution in [3.8, 4) is 11.4 Å². The summed E-state index contributed by atoms with van der Waals surface area (Å²) < 4.78 is 58.3. The summed E-state index contributed by atoms with van der Waals surface area (Å²) in [5.74, 6) is -0.740. The van der Waals surface area contributed by atoms with Gasteiger partial charge in [-0.1, -0.05) is 0 Å². The zero-order valence-corrected chi connectivity index (χ0v) is 18.8. The molecule has 0 radical (unpaired) electrons. The fourth-order valence-electron chi connectivity index (χ4n) is 3.91. The van der Waals surface area contributed by atoms with Crippen molar-refractivity contribution < 1.29 is 27.1 Å². The number of halogens is 4. The van der Waals surface area contributed by atoms with E-state index in [1.54, 1.807) is 17.9 Å². The molecule has 3 atom stereocenters. The average molecular weight is 490 g/mol. The zero-order chi connectivity index (χ0) is 25.2. The third-order valence-corrected chi connectivity index (χ3v) is 5.55. The van der Waals surface area contributed by atoms with Gasteiger partial charge in [-0.2, -0.15) is 13.2 Å². The van der Waals surface area contributed by atoms with E-state index in [4.69, 9.17) is 4.74 Å². The van der Waals surface area contributed by atoms with Gasteiger partial charge in [0.1, 0.15) is 17.3 Å². The molecule has 12 heteroatoms. The lowest BCUT2D eigenvalue weighted by Crippen LogP contribution is -2.58. The fourth-order valence-corrected chi connectivity index (χ4v) is 3.91. The number of nitrogens with one attached hydrogen (secondary N) is 1. The van der Waals surface area contributed by atoms with Crippen molar-refractivity contribution in [1.29, 1.82) is 0 Å². The lowest BCUT2D eigenvalue weighted by molar-refractivity contribution is -0.137. The summed E-state index contributed by atoms with van der Waals surface area (Å²) in [7, 11) is 0. The Balaban J connectivity index is 1.59. The number of ether oxygens (including phenoxy) is 1. The molecule has 0 spiro atoms. The SMILES string of the molecule is C[C@@H]1CN(C(=O)c2ncc(F)cc2-c2ncccn2)[C@H](CNc2ccc(C(F)(F)F)cn2)[C@H](C)O1. The van der Waals surface area contributed by atoms with Gasteiger partial charge in [0.2, 0.25) is 0 Å². The predicted octanol–water partition coefficient (Wildman–Crippen LogP) is 3.82. The molecule has 0 bridgehead atoms. The molecule has 1 N–H and O–H groups in total. The predicted molar refractivity (Wildman–Crippen MR) is 118 cm³/mol. The van der Waals surface area contributed by atoms with Crippen LogP contribution >= 0.6 is 0 Å². The van der Waals surface area contributed by atoms with E-state index in [1.807, 2.05) is 6.92 Å². The summed E-state index contributed by atoms with van der Waals surface area (Å²) in [5, 5.41) is 2.97. The fraction of sp³-hybridized carbons (Fsp3) is 0.348. The number of pyridine rings is 2. The molecular weight excluding hydrogens is 468 g/mol. The van der Waals surface area contributed by atoms with Crippen LogP contribution in [0.2, 0.25) is 0 Å². The highest BCUT2D eigenvalue weighted by Crippen LogP contribution is 2.29. The number of hydrogen-bond donors (Lipinski definition) is 1. The minimum Gasteiger partial charge on any atom is -0.372 e. The molecule has 4 rings (SSSR count).